The van der Waals surface area contributed by atoms with Gasteiger partial charge in [0, 0.05) is 17.8 Å². The van der Waals surface area contributed by atoms with E-state index < -0.39 is 5.91 Å². The fourth-order valence-corrected chi connectivity index (χ4v) is 2.71. The SMILES string of the molecule is Cc1ccn2c(NC(=O)c3cc(C)no3)c(-c3ccc(F)cc3)nc2c1. The van der Waals surface area contributed by atoms with Crippen LogP contribution in [0.25, 0.3) is 16.9 Å². The van der Waals surface area contributed by atoms with Crippen molar-refractivity contribution >= 4 is 17.4 Å². The van der Waals surface area contributed by atoms with Gasteiger partial charge in [-0.15, -0.1) is 0 Å². The van der Waals surface area contributed by atoms with Crippen molar-refractivity contribution in [2.45, 2.75) is 13.8 Å². The van der Waals surface area contributed by atoms with Gasteiger partial charge >= 0.3 is 0 Å². The number of pyridine rings is 1. The minimum absolute atomic E-state index is 0.106. The summed E-state index contributed by atoms with van der Waals surface area (Å²) < 4.78 is 20.1. The fourth-order valence-electron chi connectivity index (χ4n) is 2.71. The first-order chi connectivity index (χ1) is 12.5. The van der Waals surface area contributed by atoms with Crippen LogP contribution >= 0.6 is 0 Å². The summed E-state index contributed by atoms with van der Waals surface area (Å²) in [4.78, 5) is 17.1. The summed E-state index contributed by atoms with van der Waals surface area (Å²) in [6.45, 7) is 3.70. The number of rotatable bonds is 3. The lowest BCUT2D eigenvalue weighted by Crippen LogP contribution is -2.13. The molecule has 3 heterocycles. The van der Waals surface area contributed by atoms with E-state index in [2.05, 4.69) is 15.5 Å². The summed E-state index contributed by atoms with van der Waals surface area (Å²) in [7, 11) is 0. The standard InChI is InChI=1S/C19H15FN4O2/c1-11-7-8-24-16(9-11)21-17(13-3-5-14(20)6-4-13)18(24)22-19(25)15-10-12(2)23-26-15/h3-10H,1-2H3,(H,22,25). The summed E-state index contributed by atoms with van der Waals surface area (Å²) in [5, 5.41) is 6.56. The van der Waals surface area contributed by atoms with Crippen LogP contribution in [0.5, 0.6) is 0 Å². The number of imidazole rings is 1. The normalized spacial score (nSPS) is 11.0. The van der Waals surface area contributed by atoms with E-state index in [4.69, 9.17) is 4.52 Å². The van der Waals surface area contributed by atoms with E-state index in [1.165, 1.54) is 12.1 Å². The van der Waals surface area contributed by atoms with E-state index in [0.717, 1.165) is 5.56 Å². The summed E-state index contributed by atoms with van der Waals surface area (Å²) >= 11 is 0. The van der Waals surface area contributed by atoms with Gasteiger partial charge < -0.3 is 9.84 Å². The van der Waals surface area contributed by atoms with Gasteiger partial charge in [0.2, 0.25) is 5.76 Å². The number of hydrogen-bond acceptors (Lipinski definition) is 4. The van der Waals surface area contributed by atoms with Crippen LogP contribution < -0.4 is 5.32 Å². The molecule has 0 radical (unpaired) electrons. The number of benzene rings is 1. The lowest BCUT2D eigenvalue weighted by Gasteiger charge is -2.06. The Kier molecular flexibility index (Phi) is 3.76. The van der Waals surface area contributed by atoms with E-state index in [0.29, 0.717) is 28.4 Å². The molecule has 26 heavy (non-hydrogen) atoms. The molecule has 7 heteroatoms. The molecule has 6 nitrogen and oxygen atoms in total. The molecule has 0 unspecified atom stereocenters. The van der Waals surface area contributed by atoms with Gasteiger partial charge in [-0.25, -0.2) is 9.37 Å². The number of fused-ring (bicyclic) bond motifs is 1. The summed E-state index contributed by atoms with van der Waals surface area (Å²) in [6, 6.07) is 11.3. The number of aromatic nitrogens is 3. The molecule has 4 aromatic rings. The fraction of sp³-hybridized carbons (Fsp3) is 0.105. The summed E-state index contributed by atoms with van der Waals surface area (Å²) in [5.74, 6) is -0.187. The molecule has 3 aromatic heterocycles. The van der Waals surface area contributed by atoms with Gasteiger partial charge in [0.05, 0.1) is 5.69 Å². The highest BCUT2D eigenvalue weighted by molar-refractivity contribution is 6.04. The average molecular weight is 350 g/mol. The van der Waals surface area contributed by atoms with Gasteiger partial charge in [-0.05, 0) is 55.8 Å². The zero-order valence-electron chi connectivity index (χ0n) is 14.2. The third kappa shape index (κ3) is 2.83. The molecule has 0 aliphatic carbocycles. The van der Waals surface area contributed by atoms with Crippen molar-refractivity contribution in [3.63, 3.8) is 0 Å². The second-order valence-electron chi connectivity index (χ2n) is 6.03. The van der Waals surface area contributed by atoms with Crippen LogP contribution in [0, 0.1) is 19.7 Å². The molecule has 1 N–H and O–H groups in total. The number of carbonyl (C=O) groups excluding carboxylic acids is 1. The zero-order valence-corrected chi connectivity index (χ0v) is 14.2. The van der Waals surface area contributed by atoms with Crippen molar-refractivity contribution in [3.8, 4) is 11.3 Å². The van der Waals surface area contributed by atoms with Crippen molar-refractivity contribution in [2.24, 2.45) is 0 Å². The quantitative estimate of drug-likeness (QED) is 0.606. The molecular formula is C19H15FN4O2. The first kappa shape index (κ1) is 16.0. The van der Waals surface area contributed by atoms with Crippen molar-refractivity contribution in [2.75, 3.05) is 5.32 Å². The average Bonchev–Trinajstić information content (AvgIpc) is 3.19. The molecule has 4 rings (SSSR count). The molecule has 0 spiro atoms. The maximum absolute atomic E-state index is 13.3. The highest BCUT2D eigenvalue weighted by Crippen LogP contribution is 2.29. The third-order valence-corrected chi connectivity index (χ3v) is 3.98. The molecular weight excluding hydrogens is 335 g/mol. The highest BCUT2D eigenvalue weighted by atomic mass is 19.1. The van der Waals surface area contributed by atoms with Crippen LogP contribution in [0.2, 0.25) is 0 Å². The molecule has 0 saturated carbocycles. The van der Waals surface area contributed by atoms with Crippen molar-refractivity contribution in [3.05, 3.63) is 71.5 Å². The smallest absolute Gasteiger partial charge is 0.295 e. The number of nitrogens with one attached hydrogen (secondary N) is 1. The molecule has 130 valence electrons. The second kappa shape index (κ2) is 6.11. The third-order valence-electron chi connectivity index (χ3n) is 3.98. The van der Waals surface area contributed by atoms with Crippen LogP contribution in [0.1, 0.15) is 21.8 Å². The molecule has 0 aliphatic heterocycles. The van der Waals surface area contributed by atoms with E-state index >= 15 is 0 Å². The Labute approximate surface area is 148 Å². The minimum atomic E-state index is -0.434. The first-order valence-electron chi connectivity index (χ1n) is 8.00. The van der Waals surface area contributed by atoms with Crippen LogP contribution in [0.15, 0.2) is 53.2 Å². The topological polar surface area (TPSA) is 72.4 Å². The predicted octanol–water partition coefficient (Wildman–Crippen LogP) is 4.00. The molecule has 1 amide bonds. The van der Waals surface area contributed by atoms with Crippen molar-refractivity contribution < 1.29 is 13.7 Å². The number of aryl methyl sites for hydroxylation is 2. The van der Waals surface area contributed by atoms with Gasteiger partial charge in [0.25, 0.3) is 5.91 Å². The molecule has 0 fully saturated rings. The largest absolute Gasteiger partial charge is 0.351 e. The van der Waals surface area contributed by atoms with Crippen LogP contribution in [0.3, 0.4) is 0 Å². The second-order valence-corrected chi connectivity index (χ2v) is 6.03. The number of amides is 1. The molecule has 0 atom stereocenters. The van der Waals surface area contributed by atoms with Crippen LogP contribution in [-0.2, 0) is 0 Å². The van der Waals surface area contributed by atoms with Gasteiger partial charge in [0.15, 0.2) is 0 Å². The van der Waals surface area contributed by atoms with Gasteiger partial charge in [-0.3, -0.25) is 9.20 Å². The van der Waals surface area contributed by atoms with Crippen LogP contribution in [-0.4, -0.2) is 20.4 Å². The van der Waals surface area contributed by atoms with E-state index in [1.807, 2.05) is 25.3 Å². The Hall–Kier alpha value is -3.48. The number of halogens is 1. The van der Waals surface area contributed by atoms with Gasteiger partial charge in [-0.2, -0.15) is 0 Å². The maximum atomic E-state index is 13.3. The Morgan fingerprint density at radius 3 is 2.62 bits per heavy atom. The lowest BCUT2D eigenvalue weighted by molar-refractivity contribution is 0.0987. The van der Waals surface area contributed by atoms with Gasteiger partial charge in [0.1, 0.15) is 23.0 Å². The monoisotopic (exact) mass is 350 g/mol. The predicted molar refractivity (Wildman–Crippen MR) is 94.5 cm³/mol. The molecule has 0 bridgehead atoms. The highest BCUT2D eigenvalue weighted by Gasteiger charge is 2.19. The Morgan fingerprint density at radius 1 is 1.15 bits per heavy atom. The Bertz CT molecular complexity index is 1110. The molecule has 1 aromatic carbocycles. The Balaban J connectivity index is 1.84. The Morgan fingerprint density at radius 2 is 1.92 bits per heavy atom. The number of nitrogens with zero attached hydrogens (tertiary/aromatic N) is 3. The van der Waals surface area contributed by atoms with E-state index in [1.54, 1.807) is 29.5 Å². The minimum Gasteiger partial charge on any atom is -0.351 e. The zero-order chi connectivity index (χ0) is 18.3. The maximum Gasteiger partial charge on any atom is 0.295 e. The van der Waals surface area contributed by atoms with Crippen molar-refractivity contribution in [1.29, 1.82) is 0 Å². The number of hydrogen-bond donors (Lipinski definition) is 1. The van der Waals surface area contributed by atoms with E-state index in [-0.39, 0.29) is 11.6 Å². The van der Waals surface area contributed by atoms with Crippen LogP contribution in [0.4, 0.5) is 10.2 Å². The van der Waals surface area contributed by atoms with E-state index in [9.17, 15) is 9.18 Å². The number of anilines is 1. The van der Waals surface area contributed by atoms with Crippen molar-refractivity contribution in [1.82, 2.24) is 14.5 Å². The molecule has 0 saturated heterocycles. The van der Waals surface area contributed by atoms with Gasteiger partial charge in [-0.1, -0.05) is 5.16 Å². The summed E-state index contributed by atoms with van der Waals surface area (Å²) in [6.07, 6.45) is 1.83. The lowest BCUT2D eigenvalue weighted by atomic mass is 10.1. The summed E-state index contributed by atoms with van der Waals surface area (Å²) in [5.41, 5.74) is 3.56. The first-order valence-corrected chi connectivity index (χ1v) is 8.00. The number of carbonyl (C=O) groups is 1. The molecule has 0 aliphatic rings.